The first-order valence-electron chi connectivity index (χ1n) is 6.42. The molecule has 0 radical (unpaired) electrons. The largest absolute Gasteiger partial charge is 0.314 e. The van der Waals surface area contributed by atoms with E-state index in [1.54, 1.807) is 12.1 Å². The summed E-state index contributed by atoms with van der Waals surface area (Å²) >= 11 is 0. The van der Waals surface area contributed by atoms with Crippen LogP contribution in [0.25, 0.3) is 0 Å². The average Bonchev–Trinajstić information content (AvgIpc) is 2.26. The van der Waals surface area contributed by atoms with Gasteiger partial charge in [-0.2, -0.15) is 0 Å². The van der Waals surface area contributed by atoms with Crippen LogP contribution in [-0.2, 0) is 6.42 Å². The molecule has 17 heavy (non-hydrogen) atoms. The monoisotopic (exact) mass is 236 g/mol. The number of halogens is 1. The summed E-state index contributed by atoms with van der Waals surface area (Å²) in [6.07, 6.45) is 0.789. The van der Waals surface area contributed by atoms with E-state index in [0.717, 1.165) is 31.6 Å². The van der Waals surface area contributed by atoms with Crippen LogP contribution in [0.4, 0.5) is 4.39 Å². The van der Waals surface area contributed by atoms with E-state index in [1.165, 1.54) is 0 Å². The standard InChI is InChI=1S/C14H21FN2/c1-3-17(13-9-16-10-13)11(2)8-12-6-4-5-7-14(12)15/h4-7,11,13,16H,3,8-10H2,1-2H3. The van der Waals surface area contributed by atoms with E-state index in [9.17, 15) is 4.39 Å². The van der Waals surface area contributed by atoms with Crippen molar-refractivity contribution in [2.45, 2.75) is 32.4 Å². The first kappa shape index (κ1) is 12.5. The molecule has 0 saturated carbocycles. The molecule has 1 aliphatic rings. The fourth-order valence-corrected chi connectivity index (χ4v) is 2.54. The van der Waals surface area contributed by atoms with Crippen LogP contribution in [0.2, 0.25) is 0 Å². The van der Waals surface area contributed by atoms with Gasteiger partial charge in [0.05, 0.1) is 0 Å². The van der Waals surface area contributed by atoms with Crippen LogP contribution in [0, 0.1) is 5.82 Å². The maximum absolute atomic E-state index is 13.6. The molecule has 1 aromatic carbocycles. The van der Waals surface area contributed by atoms with E-state index in [4.69, 9.17) is 0 Å². The first-order valence-corrected chi connectivity index (χ1v) is 6.42. The molecule has 0 spiro atoms. The Bertz CT molecular complexity index is 363. The van der Waals surface area contributed by atoms with E-state index in [-0.39, 0.29) is 5.82 Å². The Labute approximate surface area is 103 Å². The zero-order valence-electron chi connectivity index (χ0n) is 10.6. The number of hydrogen-bond donors (Lipinski definition) is 1. The van der Waals surface area contributed by atoms with Crippen LogP contribution in [0.15, 0.2) is 24.3 Å². The van der Waals surface area contributed by atoms with E-state index in [0.29, 0.717) is 12.1 Å². The van der Waals surface area contributed by atoms with Crippen molar-refractivity contribution in [2.75, 3.05) is 19.6 Å². The Balaban J connectivity index is 1.99. The molecule has 1 unspecified atom stereocenters. The molecular formula is C14H21FN2. The van der Waals surface area contributed by atoms with E-state index in [1.807, 2.05) is 12.1 Å². The lowest BCUT2D eigenvalue weighted by molar-refractivity contribution is 0.109. The van der Waals surface area contributed by atoms with E-state index < -0.39 is 0 Å². The third-order valence-electron chi connectivity index (χ3n) is 3.63. The molecule has 2 rings (SSSR count). The molecule has 1 aliphatic heterocycles. The van der Waals surface area contributed by atoms with Crippen molar-refractivity contribution in [1.82, 2.24) is 10.2 Å². The zero-order chi connectivity index (χ0) is 12.3. The second-order valence-corrected chi connectivity index (χ2v) is 4.79. The lowest BCUT2D eigenvalue weighted by Gasteiger charge is -2.41. The molecule has 0 amide bonds. The maximum atomic E-state index is 13.6. The molecule has 0 bridgehead atoms. The van der Waals surface area contributed by atoms with E-state index >= 15 is 0 Å². The second-order valence-electron chi connectivity index (χ2n) is 4.79. The molecular weight excluding hydrogens is 215 g/mol. The highest BCUT2D eigenvalue weighted by molar-refractivity contribution is 5.18. The molecule has 2 nitrogen and oxygen atoms in total. The molecule has 1 saturated heterocycles. The number of benzene rings is 1. The Morgan fingerprint density at radius 1 is 1.41 bits per heavy atom. The molecule has 94 valence electrons. The number of nitrogens with zero attached hydrogens (tertiary/aromatic N) is 1. The molecule has 0 aliphatic carbocycles. The molecule has 1 fully saturated rings. The summed E-state index contributed by atoms with van der Waals surface area (Å²) in [5.41, 5.74) is 0.825. The van der Waals surface area contributed by atoms with Crippen LogP contribution in [0.1, 0.15) is 19.4 Å². The van der Waals surface area contributed by atoms with Gasteiger partial charge in [0.2, 0.25) is 0 Å². The minimum atomic E-state index is -0.0814. The molecule has 1 aromatic rings. The van der Waals surface area contributed by atoms with Gasteiger partial charge in [-0.05, 0) is 31.5 Å². The normalized spacial score (nSPS) is 18.1. The molecule has 3 heteroatoms. The fourth-order valence-electron chi connectivity index (χ4n) is 2.54. The van der Waals surface area contributed by atoms with Gasteiger partial charge in [-0.25, -0.2) is 4.39 Å². The topological polar surface area (TPSA) is 15.3 Å². The van der Waals surface area contributed by atoms with Gasteiger partial charge >= 0.3 is 0 Å². The van der Waals surface area contributed by atoms with Gasteiger partial charge in [0, 0.05) is 25.2 Å². The lowest BCUT2D eigenvalue weighted by Crippen LogP contribution is -2.59. The van der Waals surface area contributed by atoms with Gasteiger partial charge in [-0.15, -0.1) is 0 Å². The number of likely N-dealkylation sites (N-methyl/N-ethyl adjacent to an activating group) is 1. The van der Waals surface area contributed by atoms with Crippen LogP contribution in [0.3, 0.4) is 0 Å². The van der Waals surface area contributed by atoms with Crippen LogP contribution in [-0.4, -0.2) is 36.6 Å². The summed E-state index contributed by atoms with van der Waals surface area (Å²) in [6, 6.07) is 8.11. The summed E-state index contributed by atoms with van der Waals surface area (Å²) in [7, 11) is 0. The Hall–Kier alpha value is -0.930. The Morgan fingerprint density at radius 3 is 2.65 bits per heavy atom. The summed E-state index contributed by atoms with van der Waals surface area (Å²) in [6.45, 7) is 7.53. The van der Waals surface area contributed by atoms with Crippen LogP contribution >= 0.6 is 0 Å². The van der Waals surface area contributed by atoms with Crippen molar-refractivity contribution < 1.29 is 4.39 Å². The first-order chi connectivity index (χ1) is 8.22. The highest BCUT2D eigenvalue weighted by atomic mass is 19.1. The van der Waals surface area contributed by atoms with Crippen molar-refractivity contribution in [1.29, 1.82) is 0 Å². The summed E-state index contributed by atoms with van der Waals surface area (Å²) in [5, 5.41) is 3.29. The Kier molecular flexibility index (Phi) is 4.13. The van der Waals surface area contributed by atoms with Gasteiger partial charge < -0.3 is 5.32 Å². The lowest BCUT2D eigenvalue weighted by atomic mass is 10.0. The summed E-state index contributed by atoms with van der Waals surface area (Å²) in [5.74, 6) is -0.0814. The van der Waals surface area contributed by atoms with Crippen LogP contribution < -0.4 is 5.32 Å². The predicted octanol–water partition coefficient (Wildman–Crippen LogP) is 2.05. The van der Waals surface area contributed by atoms with E-state index in [2.05, 4.69) is 24.1 Å². The minimum absolute atomic E-state index is 0.0814. The molecule has 1 atom stereocenters. The SMILES string of the molecule is CCN(C(C)Cc1ccccc1F)C1CNC1. The Morgan fingerprint density at radius 2 is 2.12 bits per heavy atom. The van der Waals surface area contributed by atoms with Crippen molar-refractivity contribution in [3.63, 3.8) is 0 Å². The highest BCUT2D eigenvalue weighted by Gasteiger charge is 2.27. The van der Waals surface area contributed by atoms with Crippen molar-refractivity contribution in [3.05, 3.63) is 35.6 Å². The molecule has 0 aromatic heterocycles. The highest BCUT2D eigenvalue weighted by Crippen LogP contribution is 2.16. The predicted molar refractivity (Wildman–Crippen MR) is 68.6 cm³/mol. The average molecular weight is 236 g/mol. The van der Waals surface area contributed by atoms with Crippen molar-refractivity contribution in [3.8, 4) is 0 Å². The quantitative estimate of drug-likeness (QED) is 0.841. The summed E-state index contributed by atoms with van der Waals surface area (Å²) < 4.78 is 13.6. The van der Waals surface area contributed by atoms with Gasteiger partial charge in [0.1, 0.15) is 5.82 Å². The zero-order valence-corrected chi connectivity index (χ0v) is 10.6. The smallest absolute Gasteiger partial charge is 0.126 e. The van der Waals surface area contributed by atoms with Crippen molar-refractivity contribution in [2.24, 2.45) is 0 Å². The maximum Gasteiger partial charge on any atom is 0.126 e. The number of hydrogen-bond acceptors (Lipinski definition) is 2. The number of nitrogens with one attached hydrogen (secondary N) is 1. The van der Waals surface area contributed by atoms with Gasteiger partial charge in [-0.3, -0.25) is 4.90 Å². The number of rotatable bonds is 5. The van der Waals surface area contributed by atoms with Gasteiger partial charge in [0.15, 0.2) is 0 Å². The third kappa shape index (κ3) is 2.85. The van der Waals surface area contributed by atoms with Gasteiger partial charge in [-0.1, -0.05) is 25.1 Å². The minimum Gasteiger partial charge on any atom is -0.314 e. The van der Waals surface area contributed by atoms with Crippen LogP contribution in [0.5, 0.6) is 0 Å². The van der Waals surface area contributed by atoms with Crippen molar-refractivity contribution >= 4 is 0 Å². The van der Waals surface area contributed by atoms with Gasteiger partial charge in [0.25, 0.3) is 0 Å². The second kappa shape index (κ2) is 5.61. The molecule has 1 heterocycles. The fraction of sp³-hybridized carbons (Fsp3) is 0.571. The summed E-state index contributed by atoms with van der Waals surface area (Å²) in [4.78, 5) is 2.46. The molecule has 1 N–H and O–H groups in total. The third-order valence-corrected chi connectivity index (χ3v) is 3.63.